The van der Waals surface area contributed by atoms with Gasteiger partial charge in [-0.2, -0.15) is 0 Å². The zero-order valence-corrected chi connectivity index (χ0v) is 13.2. The standard InChI is InChI=1S/C16H17N5O3/c1-11-17-6-7-21(11)13-4-2-12(3-5-13)8-18-14(22)9-20-10-15(23)19-16(20)24/h2-7H,8-10H2,1H3,(H,18,22)(H,19,23,24). The minimum atomic E-state index is -0.532. The molecule has 2 heterocycles. The number of urea groups is 1. The van der Waals surface area contributed by atoms with Crippen molar-refractivity contribution in [1.82, 2.24) is 25.1 Å². The molecule has 0 bridgehead atoms. The Bertz CT molecular complexity index is 781. The molecule has 2 aromatic rings. The number of aryl methyl sites for hydroxylation is 1. The Morgan fingerprint density at radius 3 is 2.62 bits per heavy atom. The van der Waals surface area contributed by atoms with Gasteiger partial charge in [0.2, 0.25) is 11.8 Å². The van der Waals surface area contributed by atoms with E-state index in [4.69, 9.17) is 0 Å². The molecule has 1 aliphatic rings. The SMILES string of the molecule is Cc1nccn1-c1ccc(CNC(=O)CN2CC(=O)NC2=O)cc1. The molecular weight excluding hydrogens is 310 g/mol. The van der Waals surface area contributed by atoms with Crippen LogP contribution in [-0.2, 0) is 16.1 Å². The van der Waals surface area contributed by atoms with Gasteiger partial charge < -0.3 is 14.8 Å². The highest BCUT2D eigenvalue weighted by Crippen LogP contribution is 2.11. The van der Waals surface area contributed by atoms with Crippen LogP contribution in [0.25, 0.3) is 5.69 Å². The van der Waals surface area contributed by atoms with Crippen molar-refractivity contribution in [3.63, 3.8) is 0 Å². The van der Waals surface area contributed by atoms with E-state index in [1.54, 1.807) is 6.20 Å². The van der Waals surface area contributed by atoms with Gasteiger partial charge in [-0.1, -0.05) is 12.1 Å². The molecule has 1 fully saturated rings. The van der Waals surface area contributed by atoms with E-state index in [1.165, 1.54) is 4.90 Å². The summed E-state index contributed by atoms with van der Waals surface area (Å²) in [4.78, 5) is 39.7. The first-order chi connectivity index (χ1) is 11.5. The molecule has 3 rings (SSSR count). The lowest BCUT2D eigenvalue weighted by Gasteiger charge is -2.13. The summed E-state index contributed by atoms with van der Waals surface area (Å²) in [5.74, 6) is 0.196. The maximum Gasteiger partial charge on any atom is 0.325 e. The van der Waals surface area contributed by atoms with Crippen molar-refractivity contribution in [3.8, 4) is 5.69 Å². The second-order valence-electron chi connectivity index (χ2n) is 5.50. The highest BCUT2D eigenvalue weighted by Gasteiger charge is 2.27. The number of nitrogens with one attached hydrogen (secondary N) is 2. The molecule has 4 amide bonds. The third-order valence-electron chi connectivity index (χ3n) is 3.73. The number of benzene rings is 1. The number of hydrogen-bond donors (Lipinski definition) is 2. The highest BCUT2D eigenvalue weighted by atomic mass is 16.2. The topological polar surface area (TPSA) is 96.3 Å². The van der Waals surface area contributed by atoms with Crippen molar-refractivity contribution < 1.29 is 14.4 Å². The van der Waals surface area contributed by atoms with Gasteiger partial charge in [-0.15, -0.1) is 0 Å². The Kier molecular flexibility index (Phi) is 4.28. The average molecular weight is 327 g/mol. The molecule has 0 spiro atoms. The largest absolute Gasteiger partial charge is 0.350 e. The molecule has 1 aromatic heterocycles. The number of aromatic nitrogens is 2. The van der Waals surface area contributed by atoms with Gasteiger partial charge in [0.1, 0.15) is 18.9 Å². The Morgan fingerprint density at radius 1 is 1.29 bits per heavy atom. The van der Waals surface area contributed by atoms with Gasteiger partial charge in [0, 0.05) is 24.6 Å². The second-order valence-corrected chi connectivity index (χ2v) is 5.50. The smallest absolute Gasteiger partial charge is 0.325 e. The number of rotatable bonds is 5. The van der Waals surface area contributed by atoms with E-state index in [0.29, 0.717) is 6.54 Å². The number of amides is 4. The van der Waals surface area contributed by atoms with Gasteiger partial charge in [-0.25, -0.2) is 9.78 Å². The summed E-state index contributed by atoms with van der Waals surface area (Å²) in [5, 5.41) is 4.87. The zero-order valence-electron chi connectivity index (χ0n) is 13.2. The van der Waals surface area contributed by atoms with Crippen LogP contribution in [-0.4, -0.2) is 45.4 Å². The van der Waals surface area contributed by atoms with Gasteiger partial charge in [-0.05, 0) is 24.6 Å². The summed E-state index contributed by atoms with van der Waals surface area (Å²) in [7, 11) is 0. The van der Waals surface area contributed by atoms with E-state index >= 15 is 0 Å². The summed E-state index contributed by atoms with van der Waals surface area (Å²) < 4.78 is 1.96. The first-order valence-electron chi connectivity index (χ1n) is 7.47. The monoisotopic (exact) mass is 327 g/mol. The summed E-state index contributed by atoms with van der Waals surface area (Å²) in [6.07, 6.45) is 3.62. The van der Waals surface area contributed by atoms with E-state index in [0.717, 1.165) is 17.1 Å². The summed E-state index contributed by atoms with van der Waals surface area (Å²) in [6, 6.07) is 7.20. The van der Waals surface area contributed by atoms with Crippen LogP contribution in [0.5, 0.6) is 0 Å². The van der Waals surface area contributed by atoms with Crippen LogP contribution < -0.4 is 10.6 Å². The van der Waals surface area contributed by atoms with Crippen molar-refractivity contribution in [2.45, 2.75) is 13.5 Å². The summed E-state index contributed by atoms with van der Waals surface area (Å²) >= 11 is 0. The van der Waals surface area contributed by atoms with Crippen molar-refractivity contribution in [1.29, 1.82) is 0 Å². The minimum absolute atomic E-state index is 0.0782. The Hall–Kier alpha value is -3.16. The van der Waals surface area contributed by atoms with E-state index in [2.05, 4.69) is 15.6 Å². The van der Waals surface area contributed by atoms with Gasteiger partial charge in [0.05, 0.1) is 0 Å². The number of carbonyl (C=O) groups is 3. The molecule has 0 unspecified atom stereocenters. The normalized spacial score (nSPS) is 14.0. The van der Waals surface area contributed by atoms with Crippen molar-refractivity contribution in [3.05, 3.63) is 48.0 Å². The number of hydrogen-bond acceptors (Lipinski definition) is 4. The molecule has 124 valence electrons. The Morgan fingerprint density at radius 2 is 2.04 bits per heavy atom. The van der Waals surface area contributed by atoms with E-state index < -0.39 is 11.9 Å². The first-order valence-corrected chi connectivity index (χ1v) is 7.47. The van der Waals surface area contributed by atoms with Crippen molar-refractivity contribution >= 4 is 17.8 Å². The minimum Gasteiger partial charge on any atom is -0.350 e. The van der Waals surface area contributed by atoms with Crippen molar-refractivity contribution in [2.75, 3.05) is 13.1 Å². The second kappa shape index (κ2) is 6.53. The molecule has 1 saturated heterocycles. The van der Waals surface area contributed by atoms with Crippen LogP contribution in [0.3, 0.4) is 0 Å². The van der Waals surface area contributed by atoms with E-state index in [9.17, 15) is 14.4 Å². The van der Waals surface area contributed by atoms with Crippen LogP contribution >= 0.6 is 0 Å². The third-order valence-corrected chi connectivity index (χ3v) is 3.73. The maximum atomic E-state index is 11.9. The number of imide groups is 1. The first kappa shape index (κ1) is 15.7. The van der Waals surface area contributed by atoms with Gasteiger partial charge in [0.25, 0.3) is 0 Å². The van der Waals surface area contributed by atoms with Crippen LogP contribution in [0.4, 0.5) is 4.79 Å². The molecule has 1 aliphatic heterocycles. The molecule has 1 aromatic carbocycles. The van der Waals surface area contributed by atoms with Gasteiger partial charge >= 0.3 is 6.03 Å². The molecule has 8 nitrogen and oxygen atoms in total. The van der Waals surface area contributed by atoms with Crippen LogP contribution in [0.15, 0.2) is 36.7 Å². The van der Waals surface area contributed by atoms with Crippen molar-refractivity contribution in [2.24, 2.45) is 0 Å². The molecule has 0 radical (unpaired) electrons. The van der Waals surface area contributed by atoms with Crippen LogP contribution in [0.2, 0.25) is 0 Å². The predicted molar refractivity (Wildman–Crippen MR) is 85.3 cm³/mol. The lowest BCUT2D eigenvalue weighted by Crippen LogP contribution is -2.38. The number of carbonyl (C=O) groups excluding carboxylic acids is 3. The average Bonchev–Trinajstić information content (AvgIpc) is 3.11. The molecule has 24 heavy (non-hydrogen) atoms. The molecule has 0 atom stereocenters. The lowest BCUT2D eigenvalue weighted by molar-refractivity contribution is -0.122. The van der Waals surface area contributed by atoms with E-state index in [1.807, 2.05) is 42.0 Å². The zero-order chi connectivity index (χ0) is 17.1. The van der Waals surface area contributed by atoms with Gasteiger partial charge in [0.15, 0.2) is 0 Å². The van der Waals surface area contributed by atoms with Crippen LogP contribution in [0, 0.1) is 6.92 Å². The molecular formula is C16H17N5O3. The fourth-order valence-corrected chi connectivity index (χ4v) is 2.47. The highest BCUT2D eigenvalue weighted by molar-refractivity contribution is 6.03. The number of nitrogens with zero attached hydrogens (tertiary/aromatic N) is 3. The molecule has 2 N–H and O–H groups in total. The molecule has 0 saturated carbocycles. The maximum absolute atomic E-state index is 11.9. The predicted octanol–water partition coefficient (Wildman–Crippen LogP) is 0.349. The Balaban J connectivity index is 1.53. The molecule has 0 aliphatic carbocycles. The fourth-order valence-electron chi connectivity index (χ4n) is 2.47. The van der Waals surface area contributed by atoms with E-state index in [-0.39, 0.29) is 19.0 Å². The Labute approximate surface area is 138 Å². The fraction of sp³-hybridized carbons (Fsp3) is 0.250. The molecule has 8 heteroatoms. The summed E-state index contributed by atoms with van der Waals surface area (Å²) in [5.41, 5.74) is 1.93. The quantitative estimate of drug-likeness (QED) is 0.775. The third kappa shape index (κ3) is 3.43. The lowest BCUT2D eigenvalue weighted by atomic mass is 10.2. The van der Waals surface area contributed by atoms with Crippen LogP contribution in [0.1, 0.15) is 11.4 Å². The van der Waals surface area contributed by atoms with Gasteiger partial charge in [-0.3, -0.25) is 14.9 Å². The summed E-state index contributed by atoms with van der Waals surface area (Å²) in [6.45, 7) is 2.06. The number of imidazole rings is 1.